The molecule has 102 valence electrons. The van der Waals surface area contributed by atoms with E-state index in [1.165, 1.54) is 0 Å². The highest BCUT2D eigenvalue weighted by molar-refractivity contribution is 5.87. The summed E-state index contributed by atoms with van der Waals surface area (Å²) < 4.78 is 18.2. The molecule has 0 atom stereocenters. The van der Waals surface area contributed by atoms with Gasteiger partial charge in [0.1, 0.15) is 5.82 Å². The van der Waals surface area contributed by atoms with E-state index in [1.54, 1.807) is 0 Å². The Bertz CT molecular complexity index is 499. The lowest BCUT2D eigenvalue weighted by Gasteiger charge is -2.00. The summed E-state index contributed by atoms with van der Waals surface area (Å²) in [6, 6.07) is 3.11. The van der Waals surface area contributed by atoms with E-state index in [1.807, 2.05) is 6.92 Å². The van der Waals surface area contributed by atoms with Crippen LogP contribution in [0.3, 0.4) is 0 Å². The zero-order chi connectivity index (χ0) is 14.3. The highest BCUT2D eigenvalue weighted by Crippen LogP contribution is 2.17. The van der Waals surface area contributed by atoms with Crippen molar-refractivity contribution in [2.75, 3.05) is 6.61 Å². The SMILES string of the molecule is CCCCOC(=O)/C=C/c1cc([N+](=O)[O-])ccc1F. The molecule has 1 aromatic rings. The number of benzene rings is 1. The fourth-order valence-electron chi connectivity index (χ4n) is 1.30. The standard InChI is InChI=1S/C13H14FNO4/c1-2-3-8-19-13(16)7-4-10-9-11(15(17)18)5-6-12(10)14/h4-7,9H,2-3,8H2,1H3/b7-4+. The average Bonchev–Trinajstić information content (AvgIpc) is 2.37. The van der Waals surface area contributed by atoms with E-state index in [9.17, 15) is 19.3 Å². The molecule has 6 heteroatoms. The molecule has 0 bridgehead atoms. The summed E-state index contributed by atoms with van der Waals surface area (Å²) >= 11 is 0. The maximum atomic E-state index is 13.4. The van der Waals surface area contributed by atoms with Gasteiger partial charge in [-0.15, -0.1) is 0 Å². The van der Waals surface area contributed by atoms with E-state index in [-0.39, 0.29) is 11.3 Å². The number of hydrogen-bond donors (Lipinski definition) is 0. The molecule has 0 radical (unpaired) electrons. The van der Waals surface area contributed by atoms with Gasteiger partial charge >= 0.3 is 5.97 Å². The topological polar surface area (TPSA) is 69.4 Å². The molecule has 0 unspecified atom stereocenters. The van der Waals surface area contributed by atoms with Crippen LogP contribution in [0.15, 0.2) is 24.3 Å². The van der Waals surface area contributed by atoms with Gasteiger partial charge in [0.15, 0.2) is 0 Å². The van der Waals surface area contributed by atoms with Crippen molar-refractivity contribution < 1.29 is 18.8 Å². The molecule has 0 aliphatic rings. The molecule has 0 amide bonds. The first-order valence-corrected chi connectivity index (χ1v) is 5.83. The van der Waals surface area contributed by atoms with Crippen LogP contribution in [0.25, 0.3) is 6.08 Å². The lowest BCUT2D eigenvalue weighted by atomic mass is 10.2. The molecule has 0 saturated heterocycles. The third-order valence-electron chi connectivity index (χ3n) is 2.33. The lowest BCUT2D eigenvalue weighted by molar-refractivity contribution is -0.384. The van der Waals surface area contributed by atoms with Gasteiger partial charge in [0.25, 0.3) is 5.69 Å². The van der Waals surface area contributed by atoms with Crippen molar-refractivity contribution in [3.8, 4) is 0 Å². The number of carbonyl (C=O) groups excluding carboxylic acids is 1. The second-order valence-electron chi connectivity index (χ2n) is 3.82. The number of esters is 1. The van der Waals surface area contributed by atoms with Crippen molar-refractivity contribution in [3.05, 3.63) is 45.8 Å². The predicted octanol–water partition coefficient (Wildman–Crippen LogP) is 3.09. The smallest absolute Gasteiger partial charge is 0.330 e. The van der Waals surface area contributed by atoms with Crippen LogP contribution in [0.2, 0.25) is 0 Å². The van der Waals surface area contributed by atoms with Crippen LogP contribution in [0.1, 0.15) is 25.3 Å². The van der Waals surface area contributed by atoms with Crippen LogP contribution in [-0.2, 0) is 9.53 Å². The fourth-order valence-corrected chi connectivity index (χ4v) is 1.30. The summed E-state index contributed by atoms with van der Waals surface area (Å²) in [7, 11) is 0. The first kappa shape index (κ1) is 14.8. The van der Waals surface area contributed by atoms with E-state index in [0.29, 0.717) is 6.61 Å². The Labute approximate surface area is 109 Å². The second kappa shape index (κ2) is 7.25. The number of nitro benzene ring substituents is 1. The number of ether oxygens (including phenoxy) is 1. The molecule has 0 aromatic heterocycles. The Balaban J connectivity index is 2.72. The third-order valence-corrected chi connectivity index (χ3v) is 2.33. The van der Waals surface area contributed by atoms with Gasteiger partial charge in [0.2, 0.25) is 0 Å². The van der Waals surface area contributed by atoms with Crippen LogP contribution in [0.5, 0.6) is 0 Å². The third kappa shape index (κ3) is 4.87. The molecule has 0 N–H and O–H groups in total. The quantitative estimate of drug-likeness (QED) is 0.261. The van der Waals surface area contributed by atoms with Crippen molar-refractivity contribution in [1.29, 1.82) is 0 Å². The number of halogens is 1. The first-order chi connectivity index (χ1) is 9.04. The van der Waals surface area contributed by atoms with Crippen molar-refractivity contribution in [2.24, 2.45) is 0 Å². The van der Waals surface area contributed by atoms with Gasteiger partial charge in [-0.2, -0.15) is 0 Å². The van der Waals surface area contributed by atoms with Crippen molar-refractivity contribution in [1.82, 2.24) is 0 Å². The van der Waals surface area contributed by atoms with Crippen molar-refractivity contribution >= 4 is 17.7 Å². The minimum absolute atomic E-state index is 0.0263. The Hall–Kier alpha value is -2.24. The van der Waals surface area contributed by atoms with Gasteiger partial charge in [0, 0.05) is 23.8 Å². The summed E-state index contributed by atoms with van der Waals surface area (Å²) in [5.74, 6) is -1.23. The van der Waals surface area contributed by atoms with Crippen LogP contribution < -0.4 is 0 Å². The summed E-state index contributed by atoms with van der Waals surface area (Å²) in [6.07, 6.45) is 3.87. The molecule has 0 spiro atoms. The zero-order valence-corrected chi connectivity index (χ0v) is 10.5. The number of unbranched alkanes of at least 4 members (excludes halogenated alkanes) is 1. The van der Waals surface area contributed by atoms with Crippen molar-refractivity contribution in [3.63, 3.8) is 0 Å². The van der Waals surface area contributed by atoms with E-state index >= 15 is 0 Å². The van der Waals surface area contributed by atoms with Gasteiger partial charge in [-0.25, -0.2) is 9.18 Å². The maximum Gasteiger partial charge on any atom is 0.330 e. The van der Waals surface area contributed by atoms with E-state index in [4.69, 9.17) is 4.74 Å². The number of rotatable bonds is 6. The average molecular weight is 267 g/mol. The van der Waals surface area contributed by atoms with Gasteiger partial charge in [-0.1, -0.05) is 13.3 Å². The highest BCUT2D eigenvalue weighted by Gasteiger charge is 2.09. The van der Waals surface area contributed by atoms with Crippen LogP contribution in [-0.4, -0.2) is 17.5 Å². The summed E-state index contributed by atoms with van der Waals surface area (Å²) in [5, 5.41) is 10.5. The predicted molar refractivity (Wildman–Crippen MR) is 68.0 cm³/mol. The maximum absolute atomic E-state index is 13.4. The fraction of sp³-hybridized carbons (Fsp3) is 0.308. The minimum atomic E-state index is -0.636. The zero-order valence-electron chi connectivity index (χ0n) is 10.5. The molecule has 1 rings (SSSR count). The second-order valence-corrected chi connectivity index (χ2v) is 3.82. The molecule has 0 aliphatic heterocycles. The van der Waals surface area contributed by atoms with Gasteiger partial charge < -0.3 is 4.74 Å². The molecule has 0 fully saturated rings. The Morgan fingerprint density at radius 2 is 2.26 bits per heavy atom. The molecular formula is C13H14FNO4. The Morgan fingerprint density at radius 3 is 2.89 bits per heavy atom. The van der Waals surface area contributed by atoms with Crippen LogP contribution >= 0.6 is 0 Å². The molecule has 0 saturated carbocycles. The summed E-state index contributed by atoms with van der Waals surface area (Å²) in [6.45, 7) is 2.26. The summed E-state index contributed by atoms with van der Waals surface area (Å²) in [4.78, 5) is 21.2. The highest BCUT2D eigenvalue weighted by atomic mass is 19.1. The summed E-state index contributed by atoms with van der Waals surface area (Å²) in [5.41, 5.74) is -0.262. The normalized spacial score (nSPS) is 10.6. The minimum Gasteiger partial charge on any atom is -0.463 e. The van der Waals surface area contributed by atoms with E-state index in [0.717, 1.165) is 43.2 Å². The monoisotopic (exact) mass is 267 g/mol. The van der Waals surface area contributed by atoms with Crippen LogP contribution in [0.4, 0.5) is 10.1 Å². The molecule has 19 heavy (non-hydrogen) atoms. The van der Waals surface area contributed by atoms with Crippen molar-refractivity contribution in [2.45, 2.75) is 19.8 Å². The number of carbonyl (C=O) groups is 1. The largest absolute Gasteiger partial charge is 0.463 e. The molecular weight excluding hydrogens is 253 g/mol. The molecule has 0 heterocycles. The van der Waals surface area contributed by atoms with Gasteiger partial charge in [-0.05, 0) is 18.6 Å². The van der Waals surface area contributed by atoms with Gasteiger partial charge in [-0.3, -0.25) is 10.1 Å². The first-order valence-electron chi connectivity index (χ1n) is 5.83. The number of non-ortho nitro benzene ring substituents is 1. The Morgan fingerprint density at radius 1 is 1.53 bits per heavy atom. The number of nitrogens with zero attached hydrogens (tertiary/aromatic N) is 1. The molecule has 0 aliphatic carbocycles. The number of nitro groups is 1. The number of hydrogen-bond acceptors (Lipinski definition) is 4. The van der Waals surface area contributed by atoms with Gasteiger partial charge in [0.05, 0.1) is 11.5 Å². The van der Waals surface area contributed by atoms with E-state index in [2.05, 4.69) is 0 Å². The molecule has 1 aromatic carbocycles. The lowest BCUT2D eigenvalue weighted by Crippen LogP contribution is -2.01. The van der Waals surface area contributed by atoms with Crippen LogP contribution in [0, 0.1) is 15.9 Å². The Kier molecular flexibility index (Phi) is 5.66. The molecule has 5 nitrogen and oxygen atoms in total. The van der Waals surface area contributed by atoms with E-state index < -0.39 is 16.7 Å².